The molecule has 0 aliphatic heterocycles. The van der Waals surface area contributed by atoms with Crippen LogP contribution in [0.4, 0.5) is 0 Å². The van der Waals surface area contributed by atoms with Gasteiger partial charge < -0.3 is 10.4 Å². The molecule has 0 spiro atoms. The molecular formula is C18H19N3O3S. The molecule has 1 aromatic carbocycles. The molecule has 1 atom stereocenters. The fourth-order valence-electron chi connectivity index (χ4n) is 2.70. The summed E-state index contributed by atoms with van der Waals surface area (Å²) in [6.45, 7) is 4.25. The Labute approximate surface area is 149 Å². The number of thiophene rings is 1. The van der Waals surface area contributed by atoms with Gasteiger partial charge in [0, 0.05) is 11.4 Å². The third-order valence-electron chi connectivity index (χ3n) is 3.86. The van der Waals surface area contributed by atoms with Crippen molar-refractivity contribution in [3.63, 3.8) is 0 Å². The molecule has 1 amide bonds. The number of carbonyl (C=O) groups excluding carboxylic acids is 1. The highest BCUT2D eigenvalue weighted by Crippen LogP contribution is 2.29. The first-order valence-electron chi connectivity index (χ1n) is 7.97. The average molecular weight is 357 g/mol. The molecule has 0 radical (unpaired) electrons. The Bertz CT molecular complexity index is 914. The molecule has 1 unspecified atom stereocenters. The van der Waals surface area contributed by atoms with Crippen LogP contribution in [0.25, 0.3) is 10.2 Å². The molecule has 0 saturated carbocycles. The molecule has 0 fully saturated rings. The van der Waals surface area contributed by atoms with Crippen molar-refractivity contribution in [2.45, 2.75) is 32.9 Å². The minimum atomic E-state index is -0.932. The van der Waals surface area contributed by atoms with Crippen LogP contribution in [0.5, 0.6) is 0 Å². The van der Waals surface area contributed by atoms with E-state index in [1.165, 1.54) is 11.3 Å². The summed E-state index contributed by atoms with van der Waals surface area (Å²) in [7, 11) is 0. The summed E-state index contributed by atoms with van der Waals surface area (Å²) in [5.74, 6) is -1.18. The van der Waals surface area contributed by atoms with Crippen LogP contribution in [0, 0.1) is 6.92 Å². The minimum Gasteiger partial charge on any atom is -0.481 e. The first-order chi connectivity index (χ1) is 11.9. The Kier molecular flexibility index (Phi) is 4.85. The average Bonchev–Trinajstić information content (AvgIpc) is 3.10. The number of aliphatic carboxylic acids is 1. The number of benzene rings is 1. The van der Waals surface area contributed by atoms with E-state index < -0.39 is 12.0 Å². The highest BCUT2D eigenvalue weighted by atomic mass is 32.1. The van der Waals surface area contributed by atoms with Crippen molar-refractivity contribution < 1.29 is 14.7 Å². The molecular weight excluding hydrogens is 338 g/mol. The van der Waals surface area contributed by atoms with Gasteiger partial charge in [0.2, 0.25) is 0 Å². The van der Waals surface area contributed by atoms with Crippen molar-refractivity contribution in [2.24, 2.45) is 0 Å². The summed E-state index contributed by atoms with van der Waals surface area (Å²) in [6, 6.07) is 11.4. The summed E-state index contributed by atoms with van der Waals surface area (Å²) in [4.78, 5) is 24.6. The third-order valence-corrected chi connectivity index (χ3v) is 5.01. The van der Waals surface area contributed by atoms with Gasteiger partial charge in [-0.3, -0.25) is 14.3 Å². The van der Waals surface area contributed by atoms with Gasteiger partial charge in [-0.15, -0.1) is 11.3 Å². The van der Waals surface area contributed by atoms with Gasteiger partial charge in [-0.2, -0.15) is 5.10 Å². The molecule has 0 aliphatic carbocycles. The molecule has 3 rings (SSSR count). The Balaban J connectivity index is 1.83. The second-order valence-electron chi connectivity index (χ2n) is 6.03. The van der Waals surface area contributed by atoms with E-state index in [1.54, 1.807) is 6.92 Å². The maximum Gasteiger partial charge on any atom is 0.305 e. The maximum atomic E-state index is 12.4. The van der Waals surface area contributed by atoms with Crippen LogP contribution >= 0.6 is 11.3 Å². The van der Waals surface area contributed by atoms with Gasteiger partial charge in [-0.1, -0.05) is 30.3 Å². The zero-order chi connectivity index (χ0) is 18.0. The first-order valence-corrected chi connectivity index (χ1v) is 8.79. The molecule has 7 heteroatoms. The molecule has 2 aromatic heterocycles. The van der Waals surface area contributed by atoms with Gasteiger partial charge in [0.15, 0.2) is 0 Å². The predicted octanol–water partition coefficient (Wildman–Crippen LogP) is 3.05. The van der Waals surface area contributed by atoms with Crippen molar-refractivity contribution in [1.29, 1.82) is 0 Å². The van der Waals surface area contributed by atoms with Gasteiger partial charge in [0.05, 0.1) is 23.5 Å². The van der Waals surface area contributed by atoms with E-state index in [2.05, 4.69) is 10.4 Å². The van der Waals surface area contributed by atoms with Crippen LogP contribution in [0.15, 0.2) is 36.4 Å². The predicted molar refractivity (Wildman–Crippen MR) is 97.1 cm³/mol. The van der Waals surface area contributed by atoms with Gasteiger partial charge in [0.1, 0.15) is 4.83 Å². The normalized spacial score (nSPS) is 12.2. The van der Waals surface area contributed by atoms with Crippen LogP contribution in [0.3, 0.4) is 0 Å². The Morgan fingerprint density at radius 2 is 2.04 bits per heavy atom. The molecule has 2 heterocycles. The maximum absolute atomic E-state index is 12.4. The molecule has 0 aliphatic rings. The summed E-state index contributed by atoms with van der Waals surface area (Å²) >= 11 is 1.37. The van der Waals surface area contributed by atoms with Crippen molar-refractivity contribution in [3.05, 3.63) is 52.5 Å². The SMILES string of the molecule is Cc1nn(Cc2ccccc2)c2sc(C(=O)NC(C)CC(=O)O)cc12. The molecule has 6 nitrogen and oxygen atoms in total. The Morgan fingerprint density at radius 1 is 1.32 bits per heavy atom. The largest absolute Gasteiger partial charge is 0.481 e. The zero-order valence-corrected chi connectivity index (χ0v) is 14.8. The quantitative estimate of drug-likeness (QED) is 0.710. The summed E-state index contributed by atoms with van der Waals surface area (Å²) in [6.07, 6.45) is -0.0998. The van der Waals surface area contributed by atoms with E-state index in [4.69, 9.17) is 5.11 Å². The molecule has 0 saturated heterocycles. The molecule has 130 valence electrons. The topological polar surface area (TPSA) is 84.2 Å². The second-order valence-corrected chi connectivity index (χ2v) is 7.06. The summed E-state index contributed by atoms with van der Waals surface area (Å²) in [5, 5.41) is 17.0. The molecule has 25 heavy (non-hydrogen) atoms. The van der Waals surface area contributed by atoms with Gasteiger partial charge in [-0.05, 0) is 25.5 Å². The van der Waals surface area contributed by atoms with Crippen molar-refractivity contribution >= 4 is 33.4 Å². The van der Waals surface area contributed by atoms with Gasteiger partial charge >= 0.3 is 5.97 Å². The Morgan fingerprint density at radius 3 is 2.72 bits per heavy atom. The zero-order valence-electron chi connectivity index (χ0n) is 14.0. The first kappa shape index (κ1) is 17.2. The number of nitrogens with zero attached hydrogens (tertiary/aromatic N) is 2. The number of carbonyl (C=O) groups is 2. The van der Waals surface area contributed by atoms with Crippen LogP contribution in [-0.4, -0.2) is 32.8 Å². The summed E-state index contributed by atoms with van der Waals surface area (Å²) < 4.78 is 1.90. The van der Waals surface area contributed by atoms with E-state index in [1.807, 2.05) is 48.0 Å². The fraction of sp³-hybridized carbons (Fsp3) is 0.278. The van der Waals surface area contributed by atoms with Crippen molar-refractivity contribution in [3.8, 4) is 0 Å². The fourth-order valence-corrected chi connectivity index (χ4v) is 3.76. The highest BCUT2D eigenvalue weighted by Gasteiger charge is 2.18. The van der Waals surface area contributed by atoms with Crippen LogP contribution in [0.1, 0.15) is 34.3 Å². The number of aromatic nitrogens is 2. The van der Waals surface area contributed by atoms with Crippen molar-refractivity contribution in [2.75, 3.05) is 0 Å². The molecule has 2 N–H and O–H groups in total. The number of carboxylic acid groups (broad SMARTS) is 1. The number of hydrogen-bond donors (Lipinski definition) is 2. The smallest absolute Gasteiger partial charge is 0.305 e. The van der Waals surface area contributed by atoms with Crippen LogP contribution in [-0.2, 0) is 11.3 Å². The highest BCUT2D eigenvalue weighted by molar-refractivity contribution is 7.20. The van der Waals surface area contributed by atoms with E-state index in [0.717, 1.165) is 21.5 Å². The second kappa shape index (κ2) is 7.06. The van der Waals surface area contributed by atoms with Crippen LogP contribution in [0.2, 0.25) is 0 Å². The lowest BCUT2D eigenvalue weighted by Gasteiger charge is -2.10. The minimum absolute atomic E-state index is 0.0998. The number of nitrogens with one attached hydrogen (secondary N) is 1. The lowest BCUT2D eigenvalue weighted by atomic mass is 10.2. The lowest BCUT2D eigenvalue weighted by Crippen LogP contribution is -2.33. The van der Waals surface area contributed by atoms with Gasteiger partial charge in [0.25, 0.3) is 5.91 Å². The third kappa shape index (κ3) is 3.88. The number of carboxylic acids is 1. The standard InChI is InChI=1S/C18H19N3O3S/c1-11(8-16(22)23)19-17(24)15-9-14-12(2)20-21(18(14)25-15)10-13-6-4-3-5-7-13/h3-7,9,11H,8,10H2,1-2H3,(H,19,24)(H,22,23). The number of hydrogen-bond acceptors (Lipinski definition) is 4. The molecule has 0 bridgehead atoms. The van der Waals surface area contributed by atoms with E-state index >= 15 is 0 Å². The van der Waals surface area contributed by atoms with Gasteiger partial charge in [-0.25, -0.2) is 0 Å². The Hall–Kier alpha value is -2.67. The summed E-state index contributed by atoms with van der Waals surface area (Å²) in [5.41, 5.74) is 2.01. The van der Waals surface area contributed by atoms with E-state index in [-0.39, 0.29) is 12.3 Å². The number of aryl methyl sites for hydroxylation is 1. The van der Waals surface area contributed by atoms with E-state index in [0.29, 0.717) is 11.4 Å². The number of rotatable bonds is 6. The number of fused-ring (bicyclic) bond motifs is 1. The van der Waals surface area contributed by atoms with E-state index in [9.17, 15) is 9.59 Å². The van der Waals surface area contributed by atoms with Crippen molar-refractivity contribution in [1.82, 2.24) is 15.1 Å². The number of amides is 1. The van der Waals surface area contributed by atoms with Crippen LogP contribution < -0.4 is 5.32 Å². The molecule has 3 aromatic rings. The monoisotopic (exact) mass is 357 g/mol. The lowest BCUT2D eigenvalue weighted by molar-refractivity contribution is -0.137.